The van der Waals surface area contributed by atoms with Crippen molar-refractivity contribution in [1.29, 1.82) is 0 Å². The number of hydrogen-bond acceptors (Lipinski definition) is 5. The van der Waals surface area contributed by atoms with Gasteiger partial charge in [0, 0.05) is 25.3 Å². The van der Waals surface area contributed by atoms with Gasteiger partial charge in [-0.05, 0) is 73.7 Å². The molecule has 0 saturated heterocycles. The number of ether oxygens (including phenoxy) is 1. The average Bonchev–Trinajstić information content (AvgIpc) is 2.91. The predicted octanol–water partition coefficient (Wildman–Crippen LogP) is 5.41. The molecule has 1 aliphatic heterocycles. The van der Waals surface area contributed by atoms with Crippen molar-refractivity contribution >= 4 is 27.3 Å². The summed E-state index contributed by atoms with van der Waals surface area (Å²) < 4.78 is 35.1. The van der Waals surface area contributed by atoms with Gasteiger partial charge in [0.05, 0.1) is 17.1 Å². The Morgan fingerprint density at radius 3 is 2.23 bits per heavy atom. The Kier molecular flexibility index (Phi) is 8.25. The number of anilines is 2. The van der Waals surface area contributed by atoms with E-state index in [2.05, 4.69) is 44.8 Å². The van der Waals surface area contributed by atoms with E-state index in [1.807, 2.05) is 43.3 Å². The number of fused-ring (bicyclic) bond motifs is 1. The van der Waals surface area contributed by atoms with Crippen LogP contribution in [0.5, 0.6) is 5.75 Å². The lowest BCUT2D eigenvalue weighted by Crippen LogP contribution is -2.50. The lowest BCUT2D eigenvalue weighted by molar-refractivity contribution is -0.127. The number of rotatable bonds is 8. The molecule has 0 unspecified atom stereocenters. The molecule has 4 rings (SSSR count). The van der Waals surface area contributed by atoms with E-state index in [4.69, 9.17) is 4.74 Å². The SMILES string of the molecule is CCN(CC)c1ccc(CNC(=O)[C@@H]2CN(S(=O)(=O)c3ccc(C)cc3)c3cc(C(C)(C)C)ccc3O2)cc1. The number of amides is 1. The van der Waals surface area contributed by atoms with Crippen LogP contribution >= 0.6 is 0 Å². The fourth-order valence-electron chi connectivity index (χ4n) is 4.64. The summed E-state index contributed by atoms with van der Waals surface area (Å²) in [6, 6.07) is 20.4. The predicted molar refractivity (Wildman–Crippen MR) is 157 cm³/mol. The second-order valence-corrected chi connectivity index (χ2v) is 12.8. The van der Waals surface area contributed by atoms with E-state index in [9.17, 15) is 13.2 Å². The van der Waals surface area contributed by atoms with Crippen molar-refractivity contribution in [2.45, 2.75) is 64.5 Å². The first-order chi connectivity index (χ1) is 18.4. The van der Waals surface area contributed by atoms with Gasteiger partial charge in [-0.1, -0.05) is 56.7 Å². The van der Waals surface area contributed by atoms with Crippen LogP contribution in [0, 0.1) is 6.92 Å². The standard InChI is InChI=1S/C31H39N3O4S/c1-7-33(8-2)25-14-11-23(12-15-25)20-32-30(35)29-21-34(39(36,37)26-16-9-22(3)10-17-26)27-19-24(31(4,5)6)13-18-28(27)38-29/h9-19,29H,7-8,20-21H2,1-6H3,(H,32,35)/t29-/m0/s1. The van der Waals surface area contributed by atoms with E-state index in [0.717, 1.165) is 35.5 Å². The van der Waals surface area contributed by atoms with E-state index in [0.29, 0.717) is 18.0 Å². The summed E-state index contributed by atoms with van der Waals surface area (Å²) in [6.07, 6.45) is -0.992. The van der Waals surface area contributed by atoms with Crippen LogP contribution < -0.4 is 19.3 Å². The summed E-state index contributed by atoms with van der Waals surface area (Å²) in [5.41, 5.74) is 4.28. The van der Waals surface area contributed by atoms with Crippen LogP contribution in [-0.4, -0.2) is 40.1 Å². The Balaban J connectivity index is 1.59. The van der Waals surface area contributed by atoms with Crippen molar-refractivity contribution in [3.8, 4) is 5.75 Å². The van der Waals surface area contributed by atoms with Gasteiger partial charge in [-0.2, -0.15) is 0 Å². The average molecular weight is 550 g/mol. The molecule has 0 aliphatic carbocycles. The molecule has 208 valence electrons. The lowest BCUT2D eigenvalue weighted by Gasteiger charge is -2.36. The van der Waals surface area contributed by atoms with Crippen LogP contribution in [0.4, 0.5) is 11.4 Å². The van der Waals surface area contributed by atoms with E-state index in [1.165, 1.54) is 4.31 Å². The number of sulfonamides is 1. The highest BCUT2D eigenvalue weighted by atomic mass is 32.2. The normalized spacial score (nSPS) is 15.3. The number of hydrogen-bond donors (Lipinski definition) is 1. The zero-order chi connectivity index (χ0) is 28.4. The molecule has 1 aliphatic rings. The lowest BCUT2D eigenvalue weighted by atomic mass is 9.86. The molecule has 0 fully saturated rings. The molecule has 1 amide bonds. The molecule has 0 spiro atoms. The maximum absolute atomic E-state index is 13.8. The summed E-state index contributed by atoms with van der Waals surface area (Å²) in [4.78, 5) is 15.7. The summed E-state index contributed by atoms with van der Waals surface area (Å²) in [7, 11) is -3.94. The highest BCUT2D eigenvalue weighted by Crippen LogP contribution is 2.40. The Labute approximate surface area is 232 Å². The van der Waals surface area contributed by atoms with Crippen LogP contribution in [0.15, 0.2) is 71.6 Å². The van der Waals surface area contributed by atoms with E-state index < -0.39 is 16.1 Å². The monoisotopic (exact) mass is 549 g/mol. The van der Waals surface area contributed by atoms with Crippen LogP contribution in [-0.2, 0) is 26.8 Å². The molecule has 0 saturated carbocycles. The van der Waals surface area contributed by atoms with Gasteiger partial charge in [-0.15, -0.1) is 0 Å². The van der Waals surface area contributed by atoms with Crippen molar-refractivity contribution in [2.75, 3.05) is 28.8 Å². The maximum atomic E-state index is 13.8. The van der Waals surface area contributed by atoms with Crippen LogP contribution in [0.2, 0.25) is 0 Å². The van der Waals surface area contributed by atoms with Crippen LogP contribution in [0.1, 0.15) is 51.3 Å². The van der Waals surface area contributed by atoms with Crippen molar-refractivity contribution in [3.63, 3.8) is 0 Å². The zero-order valence-electron chi connectivity index (χ0n) is 23.7. The number of aryl methyl sites for hydroxylation is 1. The first-order valence-electron chi connectivity index (χ1n) is 13.5. The molecular weight excluding hydrogens is 510 g/mol. The second kappa shape index (κ2) is 11.3. The number of nitrogens with zero attached hydrogens (tertiary/aromatic N) is 2. The molecular formula is C31H39N3O4S. The van der Waals surface area contributed by atoms with Crippen LogP contribution in [0.25, 0.3) is 0 Å². The number of nitrogens with one attached hydrogen (secondary N) is 1. The van der Waals surface area contributed by atoms with Crippen molar-refractivity contribution in [1.82, 2.24) is 5.32 Å². The minimum absolute atomic E-state index is 0.121. The smallest absolute Gasteiger partial charge is 0.264 e. The summed E-state index contributed by atoms with van der Waals surface area (Å²) >= 11 is 0. The Morgan fingerprint density at radius 1 is 1.00 bits per heavy atom. The van der Waals surface area contributed by atoms with Gasteiger partial charge in [0.1, 0.15) is 5.75 Å². The minimum atomic E-state index is -3.94. The number of benzene rings is 3. The molecule has 1 heterocycles. The third kappa shape index (κ3) is 6.22. The van der Waals surface area contributed by atoms with Crippen LogP contribution in [0.3, 0.4) is 0 Å². The van der Waals surface area contributed by atoms with Gasteiger partial charge in [0.15, 0.2) is 6.10 Å². The third-order valence-electron chi connectivity index (χ3n) is 7.13. The molecule has 8 heteroatoms. The van der Waals surface area contributed by atoms with Crippen molar-refractivity contribution in [3.05, 3.63) is 83.4 Å². The van der Waals surface area contributed by atoms with Gasteiger partial charge in [-0.25, -0.2) is 8.42 Å². The fourth-order valence-corrected chi connectivity index (χ4v) is 6.10. The third-order valence-corrected chi connectivity index (χ3v) is 8.92. The van der Waals surface area contributed by atoms with Gasteiger partial charge < -0.3 is 15.0 Å². The first-order valence-corrected chi connectivity index (χ1v) is 14.9. The second-order valence-electron chi connectivity index (χ2n) is 10.9. The molecule has 3 aromatic rings. The van der Waals surface area contributed by atoms with Gasteiger partial charge in [0.2, 0.25) is 0 Å². The van der Waals surface area contributed by atoms with Gasteiger partial charge in [0.25, 0.3) is 15.9 Å². The number of carbonyl (C=O) groups is 1. The summed E-state index contributed by atoms with van der Waals surface area (Å²) in [5, 5.41) is 2.93. The highest BCUT2D eigenvalue weighted by Gasteiger charge is 2.38. The van der Waals surface area contributed by atoms with Gasteiger partial charge in [-0.3, -0.25) is 9.10 Å². The van der Waals surface area contributed by atoms with E-state index in [-0.39, 0.29) is 22.8 Å². The largest absolute Gasteiger partial charge is 0.476 e. The Morgan fingerprint density at radius 2 is 1.64 bits per heavy atom. The van der Waals surface area contributed by atoms with Gasteiger partial charge >= 0.3 is 0 Å². The molecule has 1 atom stereocenters. The zero-order valence-corrected chi connectivity index (χ0v) is 24.5. The Hall–Kier alpha value is -3.52. The quantitative estimate of drug-likeness (QED) is 0.406. The van der Waals surface area contributed by atoms with E-state index >= 15 is 0 Å². The highest BCUT2D eigenvalue weighted by molar-refractivity contribution is 7.92. The minimum Gasteiger partial charge on any atom is -0.476 e. The molecule has 3 aromatic carbocycles. The fraction of sp³-hybridized carbons (Fsp3) is 0.387. The molecule has 0 radical (unpaired) electrons. The summed E-state index contributed by atoms with van der Waals surface area (Å²) in [6.45, 7) is 14.4. The topological polar surface area (TPSA) is 79.0 Å². The molecule has 1 N–H and O–H groups in total. The number of carbonyl (C=O) groups excluding carboxylic acids is 1. The maximum Gasteiger partial charge on any atom is 0.264 e. The molecule has 0 aromatic heterocycles. The van der Waals surface area contributed by atoms with Crippen molar-refractivity contribution in [2.24, 2.45) is 0 Å². The molecule has 7 nitrogen and oxygen atoms in total. The summed E-state index contributed by atoms with van der Waals surface area (Å²) in [5.74, 6) is 0.00568. The van der Waals surface area contributed by atoms with Crippen molar-refractivity contribution < 1.29 is 17.9 Å². The van der Waals surface area contributed by atoms with E-state index in [1.54, 1.807) is 30.3 Å². The first kappa shape index (κ1) is 28.5. The Bertz CT molecular complexity index is 1410. The molecule has 39 heavy (non-hydrogen) atoms. The molecule has 0 bridgehead atoms.